The van der Waals surface area contributed by atoms with E-state index >= 15 is 0 Å². The van der Waals surface area contributed by atoms with Crippen molar-refractivity contribution in [3.8, 4) is 6.07 Å². The molecule has 102 valence electrons. The summed E-state index contributed by atoms with van der Waals surface area (Å²) in [7, 11) is 1.89. The third-order valence-corrected chi connectivity index (χ3v) is 2.97. The number of ether oxygens (including phenoxy) is 1. The van der Waals surface area contributed by atoms with Gasteiger partial charge < -0.3 is 4.74 Å². The van der Waals surface area contributed by atoms with Crippen LogP contribution in [-0.2, 0) is 16.1 Å². The van der Waals surface area contributed by atoms with Gasteiger partial charge in [0.05, 0.1) is 18.2 Å². The molecular weight excluding hydrogens is 240 g/mol. The van der Waals surface area contributed by atoms with Crippen molar-refractivity contribution in [1.82, 2.24) is 4.90 Å². The number of carbonyl (C=O) groups is 1. The van der Waals surface area contributed by atoms with E-state index in [2.05, 4.69) is 6.07 Å². The highest BCUT2D eigenvalue weighted by molar-refractivity contribution is 5.75. The molecule has 4 heteroatoms. The molecule has 0 aliphatic carbocycles. The first-order chi connectivity index (χ1) is 9.12. The normalized spacial score (nSPS) is 11.9. The van der Waals surface area contributed by atoms with Crippen LogP contribution in [0.4, 0.5) is 0 Å². The first-order valence-corrected chi connectivity index (χ1v) is 6.48. The molecule has 1 aromatic carbocycles. The van der Waals surface area contributed by atoms with E-state index in [-0.39, 0.29) is 12.0 Å². The second-order valence-corrected chi connectivity index (χ2v) is 4.40. The highest BCUT2D eigenvalue weighted by Crippen LogP contribution is 2.11. The second kappa shape index (κ2) is 7.55. The van der Waals surface area contributed by atoms with Crippen molar-refractivity contribution in [2.45, 2.75) is 32.9 Å². The van der Waals surface area contributed by atoms with E-state index in [1.165, 1.54) is 0 Å². The SMILES string of the molecule is CCOC(=O)C(CC)N(C)Cc1cccc(C#N)c1. The standard InChI is InChI=1S/C15H20N2O2/c1-4-14(15(18)19-5-2)17(3)11-13-8-6-7-12(9-13)10-16/h6-9,14H,4-5,11H2,1-3H3. The zero-order valence-electron chi connectivity index (χ0n) is 11.7. The van der Waals surface area contributed by atoms with Gasteiger partial charge in [0.2, 0.25) is 0 Å². The van der Waals surface area contributed by atoms with E-state index in [4.69, 9.17) is 10.00 Å². The minimum Gasteiger partial charge on any atom is -0.465 e. The van der Waals surface area contributed by atoms with E-state index in [9.17, 15) is 4.79 Å². The highest BCUT2D eigenvalue weighted by Gasteiger charge is 2.22. The summed E-state index contributed by atoms with van der Waals surface area (Å²) in [6.07, 6.45) is 0.702. The number of rotatable bonds is 6. The van der Waals surface area contributed by atoms with Gasteiger partial charge in [-0.15, -0.1) is 0 Å². The van der Waals surface area contributed by atoms with Crippen molar-refractivity contribution >= 4 is 5.97 Å². The average Bonchev–Trinajstić information content (AvgIpc) is 2.40. The molecule has 0 saturated heterocycles. The molecule has 0 aromatic heterocycles. The molecule has 0 spiro atoms. The Morgan fingerprint density at radius 2 is 2.21 bits per heavy atom. The minimum absolute atomic E-state index is 0.191. The van der Waals surface area contributed by atoms with Crippen molar-refractivity contribution in [1.29, 1.82) is 5.26 Å². The molecule has 0 aliphatic rings. The fourth-order valence-electron chi connectivity index (χ4n) is 2.03. The lowest BCUT2D eigenvalue weighted by molar-refractivity contribution is -0.149. The largest absolute Gasteiger partial charge is 0.465 e. The van der Waals surface area contributed by atoms with Gasteiger partial charge in [-0.3, -0.25) is 9.69 Å². The molecule has 1 rings (SSSR count). The van der Waals surface area contributed by atoms with Gasteiger partial charge in [0.15, 0.2) is 0 Å². The number of carbonyl (C=O) groups excluding carboxylic acids is 1. The summed E-state index contributed by atoms with van der Waals surface area (Å²) in [6, 6.07) is 9.29. The molecule has 4 nitrogen and oxygen atoms in total. The van der Waals surface area contributed by atoms with Gasteiger partial charge in [-0.2, -0.15) is 5.26 Å². The number of esters is 1. The van der Waals surface area contributed by atoms with Crippen molar-refractivity contribution in [3.05, 3.63) is 35.4 Å². The van der Waals surface area contributed by atoms with Crippen LogP contribution in [0.5, 0.6) is 0 Å². The lowest BCUT2D eigenvalue weighted by Crippen LogP contribution is -2.38. The monoisotopic (exact) mass is 260 g/mol. The van der Waals surface area contributed by atoms with E-state index in [0.29, 0.717) is 25.1 Å². The molecule has 0 heterocycles. The van der Waals surface area contributed by atoms with Crippen LogP contribution in [0.3, 0.4) is 0 Å². The quantitative estimate of drug-likeness (QED) is 0.737. The molecule has 0 fully saturated rings. The Morgan fingerprint density at radius 3 is 2.79 bits per heavy atom. The van der Waals surface area contributed by atoms with Crippen molar-refractivity contribution in [2.24, 2.45) is 0 Å². The lowest BCUT2D eigenvalue weighted by atomic mass is 10.1. The highest BCUT2D eigenvalue weighted by atomic mass is 16.5. The van der Waals surface area contributed by atoms with Crippen LogP contribution in [0.15, 0.2) is 24.3 Å². The van der Waals surface area contributed by atoms with Crippen LogP contribution in [0.2, 0.25) is 0 Å². The Labute approximate surface area is 114 Å². The molecule has 1 unspecified atom stereocenters. The smallest absolute Gasteiger partial charge is 0.323 e. The first kappa shape index (κ1) is 15.2. The van der Waals surface area contributed by atoms with Gasteiger partial charge in [0.25, 0.3) is 0 Å². The molecule has 0 N–H and O–H groups in total. The third-order valence-electron chi connectivity index (χ3n) is 2.97. The van der Waals surface area contributed by atoms with Crippen LogP contribution in [-0.4, -0.2) is 30.6 Å². The number of hydrogen-bond acceptors (Lipinski definition) is 4. The van der Waals surface area contributed by atoms with Crippen LogP contribution in [0, 0.1) is 11.3 Å². The van der Waals surface area contributed by atoms with Gasteiger partial charge in [0.1, 0.15) is 6.04 Å². The van der Waals surface area contributed by atoms with Gasteiger partial charge in [-0.25, -0.2) is 0 Å². The Balaban J connectivity index is 2.73. The van der Waals surface area contributed by atoms with E-state index in [1.807, 2.05) is 37.1 Å². The summed E-state index contributed by atoms with van der Waals surface area (Å²) in [5.41, 5.74) is 1.65. The molecule has 1 atom stereocenters. The molecule has 1 aromatic rings. The van der Waals surface area contributed by atoms with Gasteiger partial charge >= 0.3 is 5.97 Å². The van der Waals surface area contributed by atoms with Crippen LogP contribution in [0.25, 0.3) is 0 Å². The summed E-state index contributed by atoms with van der Waals surface area (Å²) in [6.45, 7) is 4.78. The molecule has 0 radical (unpaired) electrons. The number of hydrogen-bond donors (Lipinski definition) is 0. The lowest BCUT2D eigenvalue weighted by Gasteiger charge is -2.25. The van der Waals surface area contributed by atoms with Crippen LogP contribution < -0.4 is 0 Å². The Bertz CT molecular complexity index is 465. The molecule has 19 heavy (non-hydrogen) atoms. The average molecular weight is 260 g/mol. The zero-order valence-corrected chi connectivity index (χ0v) is 11.7. The third kappa shape index (κ3) is 4.38. The van der Waals surface area contributed by atoms with Crippen molar-refractivity contribution < 1.29 is 9.53 Å². The van der Waals surface area contributed by atoms with Crippen LogP contribution in [0.1, 0.15) is 31.4 Å². The predicted molar refractivity (Wildman–Crippen MR) is 73.3 cm³/mol. The molecule has 0 saturated carbocycles. The summed E-state index contributed by atoms with van der Waals surface area (Å²) in [5, 5.41) is 8.87. The summed E-state index contributed by atoms with van der Waals surface area (Å²) in [4.78, 5) is 13.8. The van der Waals surface area contributed by atoms with Gasteiger partial charge in [-0.1, -0.05) is 19.1 Å². The fraction of sp³-hybridized carbons (Fsp3) is 0.467. The maximum absolute atomic E-state index is 11.8. The fourth-order valence-corrected chi connectivity index (χ4v) is 2.03. The number of nitriles is 1. The Morgan fingerprint density at radius 1 is 1.47 bits per heavy atom. The van der Waals surface area contributed by atoms with E-state index in [1.54, 1.807) is 13.0 Å². The maximum atomic E-state index is 11.8. The second-order valence-electron chi connectivity index (χ2n) is 4.40. The van der Waals surface area contributed by atoms with Gasteiger partial charge in [-0.05, 0) is 38.1 Å². The molecule has 0 amide bonds. The summed E-state index contributed by atoms with van der Waals surface area (Å²) in [5.74, 6) is -0.191. The maximum Gasteiger partial charge on any atom is 0.323 e. The number of benzene rings is 1. The van der Waals surface area contributed by atoms with Crippen molar-refractivity contribution in [3.63, 3.8) is 0 Å². The number of likely N-dealkylation sites (N-methyl/N-ethyl adjacent to an activating group) is 1. The molecular formula is C15H20N2O2. The molecule has 0 bridgehead atoms. The summed E-state index contributed by atoms with van der Waals surface area (Å²) < 4.78 is 5.07. The summed E-state index contributed by atoms with van der Waals surface area (Å²) >= 11 is 0. The van der Waals surface area contributed by atoms with E-state index in [0.717, 1.165) is 5.56 Å². The minimum atomic E-state index is -0.245. The van der Waals surface area contributed by atoms with Gasteiger partial charge in [0, 0.05) is 6.54 Å². The van der Waals surface area contributed by atoms with Crippen LogP contribution >= 0.6 is 0 Å². The molecule has 0 aliphatic heterocycles. The zero-order chi connectivity index (χ0) is 14.3. The predicted octanol–water partition coefficient (Wildman–Crippen LogP) is 2.33. The Hall–Kier alpha value is -1.86. The van der Waals surface area contributed by atoms with Crippen molar-refractivity contribution in [2.75, 3.05) is 13.7 Å². The van der Waals surface area contributed by atoms with E-state index < -0.39 is 0 Å². The topological polar surface area (TPSA) is 53.3 Å². The number of nitrogens with zero attached hydrogens (tertiary/aromatic N) is 2. The first-order valence-electron chi connectivity index (χ1n) is 6.48. The Kier molecular flexibility index (Phi) is 6.04.